The van der Waals surface area contributed by atoms with Crippen molar-refractivity contribution in [2.45, 2.75) is 13.8 Å². The Morgan fingerprint density at radius 1 is 1.50 bits per heavy atom. The first kappa shape index (κ1) is 11.9. The topological polar surface area (TPSA) is 0 Å². The second kappa shape index (κ2) is 11.0. The molecule has 0 aromatic heterocycles. The zero-order valence-electron chi connectivity index (χ0n) is 6.73. The lowest BCUT2D eigenvalue weighted by Crippen LogP contribution is -1.73. The van der Waals surface area contributed by atoms with E-state index in [1.807, 2.05) is 13.8 Å². The van der Waals surface area contributed by atoms with Crippen molar-refractivity contribution in [2.75, 3.05) is 6.67 Å². The maximum absolute atomic E-state index is 11.5. The van der Waals surface area contributed by atoms with Crippen molar-refractivity contribution in [2.24, 2.45) is 0 Å². The van der Waals surface area contributed by atoms with E-state index in [1.165, 1.54) is 0 Å². The van der Waals surface area contributed by atoms with E-state index in [-0.39, 0.29) is 0 Å². The van der Waals surface area contributed by atoms with Crippen LogP contribution in [0, 0.1) is 0 Å². The van der Waals surface area contributed by atoms with Crippen LogP contribution in [0.5, 0.6) is 0 Å². The summed E-state index contributed by atoms with van der Waals surface area (Å²) in [4.78, 5) is 0. The van der Waals surface area contributed by atoms with Crippen LogP contribution in [-0.4, -0.2) is 6.67 Å². The standard InChI is InChI=1S/C7H9F.C2H6/c1-3-4-5-7(2)6-8;1-2/h3-5H,1-2,6H2;1-2H3/b5-4-;. The van der Waals surface area contributed by atoms with Crippen molar-refractivity contribution in [1.82, 2.24) is 0 Å². The van der Waals surface area contributed by atoms with Gasteiger partial charge in [-0.15, -0.1) is 0 Å². The Balaban J connectivity index is 0. The molecule has 0 heterocycles. The summed E-state index contributed by atoms with van der Waals surface area (Å²) >= 11 is 0. The van der Waals surface area contributed by atoms with E-state index >= 15 is 0 Å². The highest BCUT2D eigenvalue weighted by Crippen LogP contribution is 1.91. The molecule has 0 saturated heterocycles. The SMILES string of the molecule is C=C/C=C\C(=C)CF.CC. The average Bonchev–Trinajstić information content (AvgIpc) is 2.04. The minimum atomic E-state index is -0.482. The average molecular weight is 142 g/mol. The summed E-state index contributed by atoms with van der Waals surface area (Å²) in [5, 5.41) is 0. The highest BCUT2D eigenvalue weighted by atomic mass is 19.1. The Kier molecular flexibility index (Phi) is 13.1. The minimum absolute atomic E-state index is 0.477. The number of alkyl halides is 1. The van der Waals surface area contributed by atoms with Gasteiger partial charge in [-0.3, -0.25) is 0 Å². The van der Waals surface area contributed by atoms with Crippen LogP contribution in [0.15, 0.2) is 37.0 Å². The number of rotatable bonds is 3. The minimum Gasteiger partial charge on any atom is -0.246 e. The smallest absolute Gasteiger partial charge is 0.114 e. The monoisotopic (exact) mass is 142 g/mol. The van der Waals surface area contributed by atoms with Crippen molar-refractivity contribution in [3.63, 3.8) is 0 Å². The lowest BCUT2D eigenvalue weighted by atomic mass is 10.3. The lowest BCUT2D eigenvalue weighted by Gasteiger charge is -1.83. The Bertz CT molecular complexity index is 112. The second-order valence-corrected chi connectivity index (χ2v) is 1.39. The molecule has 0 radical (unpaired) electrons. The summed E-state index contributed by atoms with van der Waals surface area (Å²) in [5.41, 5.74) is 0.477. The third-order valence-corrected chi connectivity index (χ3v) is 0.640. The summed E-state index contributed by atoms with van der Waals surface area (Å²) in [6, 6.07) is 0. The van der Waals surface area contributed by atoms with E-state index in [0.29, 0.717) is 5.57 Å². The van der Waals surface area contributed by atoms with Gasteiger partial charge in [0.2, 0.25) is 0 Å². The van der Waals surface area contributed by atoms with Gasteiger partial charge in [-0.05, 0) is 5.57 Å². The molecule has 0 atom stereocenters. The molecule has 0 bridgehead atoms. The van der Waals surface area contributed by atoms with E-state index in [0.717, 1.165) is 0 Å². The first-order chi connectivity index (χ1) is 4.81. The van der Waals surface area contributed by atoms with Gasteiger partial charge in [0, 0.05) is 0 Å². The third-order valence-electron chi connectivity index (χ3n) is 0.640. The van der Waals surface area contributed by atoms with Crippen molar-refractivity contribution < 1.29 is 4.39 Å². The molecule has 0 aliphatic heterocycles. The van der Waals surface area contributed by atoms with E-state index < -0.39 is 6.67 Å². The molecule has 0 fully saturated rings. The summed E-state index contributed by atoms with van der Waals surface area (Å²) < 4.78 is 11.5. The van der Waals surface area contributed by atoms with E-state index in [4.69, 9.17) is 0 Å². The van der Waals surface area contributed by atoms with Crippen LogP contribution in [0.2, 0.25) is 0 Å². The van der Waals surface area contributed by atoms with Gasteiger partial charge in [-0.2, -0.15) is 0 Å². The van der Waals surface area contributed by atoms with Crippen molar-refractivity contribution in [1.29, 1.82) is 0 Å². The van der Waals surface area contributed by atoms with Gasteiger partial charge in [0.25, 0.3) is 0 Å². The van der Waals surface area contributed by atoms with Crippen LogP contribution in [0.25, 0.3) is 0 Å². The highest BCUT2D eigenvalue weighted by molar-refractivity contribution is 5.17. The summed E-state index contributed by atoms with van der Waals surface area (Å²) in [5.74, 6) is 0. The molecule has 0 amide bonds. The largest absolute Gasteiger partial charge is 0.246 e. The second-order valence-electron chi connectivity index (χ2n) is 1.39. The maximum Gasteiger partial charge on any atom is 0.114 e. The van der Waals surface area contributed by atoms with Crippen LogP contribution < -0.4 is 0 Å². The first-order valence-electron chi connectivity index (χ1n) is 3.34. The van der Waals surface area contributed by atoms with Gasteiger partial charge in [-0.25, -0.2) is 4.39 Å². The zero-order valence-corrected chi connectivity index (χ0v) is 6.73. The molecule has 0 N–H and O–H groups in total. The zero-order chi connectivity index (χ0) is 8.41. The molecule has 10 heavy (non-hydrogen) atoms. The number of halogens is 1. The van der Waals surface area contributed by atoms with Crippen LogP contribution in [-0.2, 0) is 0 Å². The van der Waals surface area contributed by atoms with Crippen molar-refractivity contribution in [3.8, 4) is 0 Å². The fourth-order valence-electron chi connectivity index (χ4n) is 0.249. The van der Waals surface area contributed by atoms with E-state index in [1.54, 1.807) is 18.2 Å². The first-order valence-corrected chi connectivity index (χ1v) is 3.34. The molecular weight excluding hydrogens is 127 g/mol. The maximum atomic E-state index is 11.5. The van der Waals surface area contributed by atoms with Crippen LogP contribution in [0.1, 0.15) is 13.8 Å². The predicted octanol–water partition coefficient (Wildman–Crippen LogP) is 3.28. The fourth-order valence-corrected chi connectivity index (χ4v) is 0.249. The van der Waals surface area contributed by atoms with Crippen LogP contribution >= 0.6 is 0 Å². The molecule has 0 saturated carbocycles. The van der Waals surface area contributed by atoms with Crippen LogP contribution in [0.4, 0.5) is 4.39 Å². The Morgan fingerprint density at radius 3 is 2.30 bits per heavy atom. The molecule has 0 aromatic carbocycles. The van der Waals surface area contributed by atoms with E-state index in [9.17, 15) is 4.39 Å². The molecule has 1 heteroatoms. The van der Waals surface area contributed by atoms with Gasteiger partial charge in [-0.1, -0.05) is 45.2 Å². The quantitative estimate of drug-likeness (QED) is 0.530. The molecule has 0 aromatic rings. The Hall–Kier alpha value is -0.850. The third kappa shape index (κ3) is 10.2. The molecule has 0 unspecified atom stereocenters. The number of hydrogen-bond donors (Lipinski definition) is 0. The highest BCUT2D eigenvalue weighted by Gasteiger charge is 1.79. The number of allylic oxidation sites excluding steroid dienone is 4. The van der Waals surface area contributed by atoms with Gasteiger partial charge in [0.05, 0.1) is 0 Å². The predicted molar refractivity (Wildman–Crippen MR) is 45.8 cm³/mol. The summed E-state index contributed by atoms with van der Waals surface area (Å²) in [7, 11) is 0. The lowest BCUT2D eigenvalue weighted by molar-refractivity contribution is 0.550. The summed E-state index contributed by atoms with van der Waals surface area (Å²) in [6.07, 6.45) is 4.83. The van der Waals surface area contributed by atoms with Gasteiger partial charge in [0.1, 0.15) is 6.67 Å². The van der Waals surface area contributed by atoms with Crippen molar-refractivity contribution in [3.05, 3.63) is 37.0 Å². The normalized spacial score (nSPS) is 8.30. The van der Waals surface area contributed by atoms with Gasteiger partial charge < -0.3 is 0 Å². The molecule has 0 aliphatic rings. The summed E-state index contributed by atoms with van der Waals surface area (Å²) in [6.45, 7) is 10.3. The Morgan fingerprint density at radius 2 is 2.00 bits per heavy atom. The molecule has 58 valence electrons. The molecule has 0 rings (SSSR count). The molecule has 0 spiro atoms. The number of hydrogen-bond acceptors (Lipinski definition) is 0. The van der Waals surface area contributed by atoms with E-state index in [2.05, 4.69) is 13.2 Å². The van der Waals surface area contributed by atoms with Gasteiger partial charge >= 0.3 is 0 Å². The Labute approximate surface area is 62.8 Å². The van der Waals surface area contributed by atoms with Crippen molar-refractivity contribution >= 4 is 0 Å². The molecular formula is C9H15F. The fraction of sp³-hybridized carbons (Fsp3) is 0.333. The van der Waals surface area contributed by atoms with Crippen LogP contribution in [0.3, 0.4) is 0 Å². The van der Waals surface area contributed by atoms with Gasteiger partial charge in [0.15, 0.2) is 0 Å². The molecule has 0 aliphatic carbocycles. The molecule has 0 nitrogen and oxygen atoms in total.